The summed E-state index contributed by atoms with van der Waals surface area (Å²) in [5.41, 5.74) is 0.806. The van der Waals surface area contributed by atoms with Crippen molar-refractivity contribution in [1.29, 1.82) is 0 Å². The summed E-state index contributed by atoms with van der Waals surface area (Å²) in [6.45, 7) is 0. The van der Waals surface area contributed by atoms with Crippen LogP contribution in [-0.4, -0.2) is 41.3 Å². The number of aliphatic hydroxyl groups is 1. The molecule has 0 bridgehead atoms. The van der Waals surface area contributed by atoms with E-state index in [9.17, 15) is 35.4 Å². The van der Waals surface area contributed by atoms with Crippen LogP contribution in [0.5, 0.6) is 0 Å². The van der Waals surface area contributed by atoms with E-state index in [2.05, 4.69) is 0 Å². The number of nitrogens with zero attached hydrogens (tertiary/aromatic N) is 3. The molecule has 0 amide bonds. The van der Waals surface area contributed by atoms with Gasteiger partial charge in [-0.25, -0.2) is 0 Å². The quantitative estimate of drug-likeness (QED) is 0.241. The normalized spacial score (nSPS) is 37.6. The van der Waals surface area contributed by atoms with Crippen molar-refractivity contribution in [2.75, 3.05) is 0 Å². The van der Waals surface area contributed by atoms with E-state index in [0.717, 1.165) is 0 Å². The molecule has 14 heteroatoms. The molecule has 11 nitrogen and oxygen atoms in total. The Bertz CT molecular complexity index is 541. The van der Waals surface area contributed by atoms with Crippen molar-refractivity contribution in [2.45, 2.75) is 21.4 Å². The number of hydrogen-bond acceptors (Lipinski definition) is 8. The maximum atomic E-state index is 11.0. The van der Waals surface area contributed by atoms with Gasteiger partial charge in [-0.1, -0.05) is 0 Å². The zero-order valence-corrected chi connectivity index (χ0v) is 11.4. The van der Waals surface area contributed by atoms with Crippen LogP contribution in [0.15, 0.2) is 11.5 Å². The number of halogens is 3. The third-order valence-corrected chi connectivity index (χ3v) is 4.61. The van der Waals surface area contributed by atoms with Crippen LogP contribution in [0.4, 0.5) is 0 Å². The van der Waals surface area contributed by atoms with Crippen LogP contribution in [-0.2, 0) is 0 Å². The van der Waals surface area contributed by atoms with E-state index in [-0.39, 0.29) is 0 Å². The lowest BCUT2D eigenvalue weighted by atomic mass is 9.87. The minimum atomic E-state index is -3.25. The van der Waals surface area contributed by atoms with Crippen LogP contribution in [0.2, 0.25) is 0 Å². The smallest absolute Gasteiger partial charge is 0.382 e. The average Bonchev–Trinajstić information content (AvgIpc) is 2.33. The van der Waals surface area contributed by atoms with Crippen molar-refractivity contribution in [1.82, 2.24) is 0 Å². The topological polar surface area (TPSA) is 176 Å². The first-order valence-corrected chi connectivity index (χ1v) is 5.81. The van der Waals surface area contributed by atoms with Crippen LogP contribution >= 0.6 is 34.8 Å². The van der Waals surface area contributed by atoms with E-state index in [0.29, 0.717) is 0 Å². The Morgan fingerprint density at radius 1 is 1.15 bits per heavy atom. The second-order valence-corrected chi connectivity index (χ2v) is 5.24. The van der Waals surface area contributed by atoms with Crippen molar-refractivity contribution in [2.24, 2.45) is 5.73 Å². The van der Waals surface area contributed by atoms with E-state index >= 15 is 0 Å². The maximum absolute atomic E-state index is 11.0. The predicted molar refractivity (Wildman–Crippen MR) is 65.4 cm³/mol. The Hall–Kier alpha value is -1.43. The highest BCUT2D eigenvalue weighted by atomic mass is 35.5. The van der Waals surface area contributed by atoms with Gasteiger partial charge in [-0.05, 0) is 11.6 Å². The van der Waals surface area contributed by atoms with Gasteiger partial charge in [-0.15, -0.1) is 23.2 Å². The summed E-state index contributed by atoms with van der Waals surface area (Å²) in [7, 11) is 0. The molecule has 0 aromatic rings. The predicted octanol–water partition coefficient (Wildman–Crippen LogP) is 0.405. The van der Waals surface area contributed by atoms with Gasteiger partial charge in [-0.2, -0.15) is 0 Å². The number of nitro groups is 3. The first-order chi connectivity index (χ1) is 8.93. The lowest BCUT2D eigenvalue weighted by Crippen LogP contribution is -2.72. The summed E-state index contributed by atoms with van der Waals surface area (Å²) in [6, 6.07) is 0. The molecule has 0 aliphatic heterocycles. The highest BCUT2D eigenvalue weighted by molar-refractivity contribution is 6.35. The second kappa shape index (κ2) is 4.84. The fourth-order valence-corrected chi connectivity index (χ4v) is 2.73. The highest BCUT2D eigenvalue weighted by Crippen LogP contribution is 2.47. The standard InChI is InChI=1S/C6H5Cl3N4O7/c7-2-1(11(15)16)3(14)5(9,12(17)18)4(8)6(2,10)13(19)20/h2,4,14H,10H2. The lowest BCUT2D eigenvalue weighted by molar-refractivity contribution is -0.605. The van der Waals surface area contributed by atoms with E-state index in [1.165, 1.54) is 0 Å². The fourth-order valence-electron chi connectivity index (χ4n) is 1.62. The van der Waals surface area contributed by atoms with Crippen LogP contribution in [0.1, 0.15) is 0 Å². The monoisotopic (exact) mass is 350 g/mol. The van der Waals surface area contributed by atoms with Gasteiger partial charge in [0.2, 0.25) is 10.8 Å². The van der Waals surface area contributed by atoms with Crippen molar-refractivity contribution < 1.29 is 19.9 Å². The van der Waals surface area contributed by atoms with Crippen molar-refractivity contribution in [3.8, 4) is 0 Å². The van der Waals surface area contributed by atoms with Gasteiger partial charge < -0.3 is 5.11 Å². The van der Waals surface area contributed by atoms with Gasteiger partial charge in [-0.3, -0.25) is 36.1 Å². The van der Waals surface area contributed by atoms with Crippen LogP contribution < -0.4 is 5.73 Å². The number of hydrogen-bond donors (Lipinski definition) is 2. The molecule has 4 atom stereocenters. The van der Waals surface area contributed by atoms with Gasteiger partial charge in [0.15, 0.2) is 0 Å². The molecule has 0 saturated carbocycles. The highest BCUT2D eigenvalue weighted by Gasteiger charge is 2.76. The Balaban J connectivity index is 3.78. The third kappa shape index (κ3) is 1.85. The molecule has 0 aromatic heterocycles. The van der Waals surface area contributed by atoms with Gasteiger partial charge in [0.1, 0.15) is 0 Å². The molecule has 0 aromatic carbocycles. The molecular weight excluding hydrogens is 346 g/mol. The first-order valence-electron chi connectivity index (χ1n) is 4.56. The van der Waals surface area contributed by atoms with E-state index in [1.807, 2.05) is 0 Å². The van der Waals surface area contributed by atoms with Gasteiger partial charge in [0.25, 0.3) is 5.76 Å². The molecule has 0 fully saturated rings. The summed E-state index contributed by atoms with van der Waals surface area (Å²) in [6.07, 6.45) is 0. The molecule has 20 heavy (non-hydrogen) atoms. The molecule has 0 spiro atoms. The largest absolute Gasteiger partial charge is 0.500 e. The second-order valence-electron chi connectivity index (χ2n) is 3.79. The molecule has 0 heterocycles. The Kier molecular flexibility index (Phi) is 4.02. The first kappa shape index (κ1) is 16.6. The maximum Gasteiger partial charge on any atom is 0.382 e. The van der Waals surface area contributed by atoms with E-state index in [1.54, 1.807) is 0 Å². The van der Waals surface area contributed by atoms with Crippen LogP contribution in [0.3, 0.4) is 0 Å². The van der Waals surface area contributed by atoms with E-state index < -0.39 is 47.6 Å². The minimum absolute atomic E-state index is 1.32. The molecule has 1 aliphatic rings. The Labute approximate surface area is 124 Å². The van der Waals surface area contributed by atoms with Crippen LogP contribution in [0, 0.1) is 30.3 Å². The molecule has 0 radical (unpaired) electrons. The number of rotatable bonds is 3. The Morgan fingerprint density at radius 2 is 1.60 bits per heavy atom. The number of aliphatic hydroxyl groups excluding tert-OH is 1. The summed E-state index contributed by atoms with van der Waals surface area (Å²) in [4.78, 5) is 25.4. The SMILES string of the molecule is NC1([N+](=O)[O-])C(Cl)C([N+](=O)[O-])=C(O)C(Cl)([N+](=O)[O-])C1Cl. The van der Waals surface area contributed by atoms with Crippen molar-refractivity contribution in [3.63, 3.8) is 0 Å². The van der Waals surface area contributed by atoms with Crippen molar-refractivity contribution in [3.05, 3.63) is 41.8 Å². The zero-order chi connectivity index (χ0) is 16.0. The Morgan fingerprint density at radius 3 is 1.90 bits per heavy atom. The van der Waals surface area contributed by atoms with Gasteiger partial charge in [0.05, 0.1) is 9.85 Å². The van der Waals surface area contributed by atoms with Gasteiger partial charge in [0, 0.05) is 4.92 Å². The molecule has 4 unspecified atom stereocenters. The molecule has 1 rings (SSSR count). The van der Waals surface area contributed by atoms with Crippen molar-refractivity contribution >= 4 is 34.8 Å². The molecule has 112 valence electrons. The van der Waals surface area contributed by atoms with Gasteiger partial charge >= 0.3 is 16.4 Å². The van der Waals surface area contributed by atoms with Crippen LogP contribution in [0.25, 0.3) is 0 Å². The third-order valence-electron chi connectivity index (χ3n) is 2.74. The fraction of sp³-hybridized carbons (Fsp3) is 0.667. The summed E-state index contributed by atoms with van der Waals surface area (Å²) in [5.74, 6) is -1.60. The molecule has 3 N–H and O–H groups in total. The summed E-state index contributed by atoms with van der Waals surface area (Å²) < 4.78 is 0. The molecule has 1 aliphatic carbocycles. The molecule has 0 saturated heterocycles. The number of nitrogens with two attached hydrogens (primary N) is 1. The van der Waals surface area contributed by atoms with E-state index in [4.69, 9.17) is 40.5 Å². The molecular formula is C6H5Cl3N4O7. The number of alkyl halides is 3. The average molecular weight is 351 g/mol. The zero-order valence-electron chi connectivity index (χ0n) is 9.10. The summed E-state index contributed by atoms with van der Waals surface area (Å²) in [5, 5.41) is 37.7. The summed E-state index contributed by atoms with van der Waals surface area (Å²) >= 11 is 16.5. The lowest BCUT2D eigenvalue weighted by Gasteiger charge is -2.35. The minimum Gasteiger partial charge on any atom is -0.500 e.